The van der Waals surface area contributed by atoms with Crippen molar-refractivity contribution in [3.63, 3.8) is 0 Å². The molecule has 1 aromatic heterocycles. The Bertz CT molecular complexity index is 396. The highest BCUT2D eigenvalue weighted by atomic mass is 35.5. The van der Waals surface area contributed by atoms with Crippen LogP contribution in [0.25, 0.3) is 0 Å². The van der Waals surface area contributed by atoms with E-state index in [4.69, 9.17) is 16.3 Å². The van der Waals surface area contributed by atoms with E-state index in [1.807, 2.05) is 0 Å². The zero-order chi connectivity index (χ0) is 15.0. The zero-order valence-corrected chi connectivity index (χ0v) is 13.9. The lowest BCUT2D eigenvalue weighted by atomic mass is 10.0. The normalized spacial score (nSPS) is 12.7. The first-order valence-electron chi connectivity index (χ1n) is 7.66. The van der Waals surface area contributed by atoms with Crippen LogP contribution in [0, 0.1) is 5.92 Å². The van der Waals surface area contributed by atoms with Gasteiger partial charge in [0.15, 0.2) is 5.75 Å². The Balaban J connectivity index is 2.66. The third kappa shape index (κ3) is 5.28. The highest BCUT2D eigenvalue weighted by Gasteiger charge is 2.12. The van der Waals surface area contributed by atoms with Crippen molar-refractivity contribution in [3.05, 3.63) is 17.7 Å². The van der Waals surface area contributed by atoms with Crippen LogP contribution in [0.3, 0.4) is 0 Å². The fraction of sp³-hybridized carbons (Fsp3) is 0.750. The van der Waals surface area contributed by atoms with Gasteiger partial charge in [-0.15, -0.1) is 11.6 Å². The van der Waals surface area contributed by atoms with Gasteiger partial charge in [-0.1, -0.05) is 47.0 Å². The largest absolute Gasteiger partial charge is 0.490 e. The van der Waals surface area contributed by atoms with E-state index in [1.165, 1.54) is 19.3 Å². The van der Waals surface area contributed by atoms with Crippen LogP contribution in [0.1, 0.15) is 70.8 Å². The van der Waals surface area contributed by atoms with E-state index in [0.29, 0.717) is 17.7 Å². The first-order chi connectivity index (χ1) is 9.62. The Morgan fingerprint density at radius 1 is 1.30 bits per heavy atom. The molecule has 0 aliphatic heterocycles. The summed E-state index contributed by atoms with van der Waals surface area (Å²) in [4.78, 5) is 8.85. The molecule has 4 heteroatoms. The Morgan fingerprint density at radius 2 is 2.05 bits per heavy atom. The van der Waals surface area contributed by atoms with Gasteiger partial charge in [0.25, 0.3) is 0 Å². The molecule has 1 aromatic rings. The summed E-state index contributed by atoms with van der Waals surface area (Å²) in [5, 5.41) is 0. The van der Waals surface area contributed by atoms with Crippen molar-refractivity contribution in [2.75, 3.05) is 6.61 Å². The van der Waals surface area contributed by atoms with Crippen molar-refractivity contribution in [1.82, 2.24) is 9.97 Å². The molecule has 0 aliphatic rings. The molecule has 0 amide bonds. The van der Waals surface area contributed by atoms with Crippen molar-refractivity contribution >= 4 is 11.6 Å². The van der Waals surface area contributed by atoms with Gasteiger partial charge in [0, 0.05) is 5.92 Å². The van der Waals surface area contributed by atoms with Gasteiger partial charge in [-0.05, 0) is 12.3 Å². The Hall–Kier alpha value is -0.830. The van der Waals surface area contributed by atoms with Gasteiger partial charge in [0.2, 0.25) is 0 Å². The fourth-order valence-electron chi connectivity index (χ4n) is 2.02. The number of unbranched alkanes of at least 4 members (excludes halogenated alkanes) is 1. The number of ether oxygens (including phenoxy) is 1. The molecule has 0 saturated heterocycles. The zero-order valence-electron chi connectivity index (χ0n) is 13.2. The topological polar surface area (TPSA) is 35.0 Å². The molecule has 0 fully saturated rings. The highest BCUT2D eigenvalue weighted by Crippen LogP contribution is 2.22. The molecule has 0 aromatic carbocycles. The number of nitrogens with zero attached hydrogens (tertiary/aromatic N) is 2. The standard InChI is InChI=1S/C16H27ClN2O/c1-5-7-8-13(6-2)11-20-15-10-18-16(12(3)4)19-14(15)9-17/h10,12-13H,5-9,11H2,1-4H3. The molecule has 3 nitrogen and oxygen atoms in total. The quantitative estimate of drug-likeness (QED) is 0.606. The number of alkyl halides is 1. The molecule has 1 unspecified atom stereocenters. The van der Waals surface area contributed by atoms with E-state index < -0.39 is 0 Å². The molecule has 20 heavy (non-hydrogen) atoms. The lowest BCUT2D eigenvalue weighted by Gasteiger charge is -2.17. The fourth-order valence-corrected chi connectivity index (χ4v) is 2.21. The van der Waals surface area contributed by atoms with Crippen LogP contribution in [0.15, 0.2) is 6.20 Å². The molecule has 0 spiro atoms. The molecule has 1 heterocycles. The minimum absolute atomic E-state index is 0.305. The molecule has 0 saturated carbocycles. The maximum atomic E-state index is 5.97. The highest BCUT2D eigenvalue weighted by molar-refractivity contribution is 6.17. The van der Waals surface area contributed by atoms with Gasteiger partial charge in [-0.2, -0.15) is 0 Å². The van der Waals surface area contributed by atoms with Crippen molar-refractivity contribution in [1.29, 1.82) is 0 Å². The molecule has 0 N–H and O–H groups in total. The first kappa shape index (κ1) is 17.2. The molecule has 114 valence electrons. The Kier molecular flexibility index (Phi) is 7.90. The van der Waals surface area contributed by atoms with Crippen molar-refractivity contribution < 1.29 is 4.74 Å². The van der Waals surface area contributed by atoms with E-state index >= 15 is 0 Å². The van der Waals surface area contributed by atoms with Crippen LogP contribution in [0.4, 0.5) is 0 Å². The van der Waals surface area contributed by atoms with E-state index in [-0.39, 0.29) is 0 Å². The second kappa shape index (κ2) is 9.17. The summed E-state index contributed by atoms with van der Waals surface area (Å²) in [5.74, 6) is 2.83. The predicted molar refractivity (Wildman–Crippen MR) is 84.5 cm³/mol. The van der Waals surface area contributed by atoms with Gasteiger partial charge >= 0.3 is 0 Å². The molecule has 0 aliphatic carbocycles. The molecule has 0 bridgehead atoms. The minimum Gasteiger partial charge on any atom is -0.490 e. The lowest BCUT2D eigenvalue weighted by molar-refractivity contribution is 0.230. The summed E-state index contributed by atoms with van der Waals surface area (Å²) < 4.78 is 5.90. The van der Waals surface area contributed by atoms with Crippen LogP contribution in [-0.4, -0.2) is 16.6 Å². The number of halogens is 1. The number of hydrogen-bond acceptors (Lipinski definition) is 3. The average Bonchev–Trinajstić information content (AvgIpc) is 2.47. The minimum atomic E-state index is 0.305. The molecular weight excluding hydrogens is 272 g/mol. The summed E-state index contributed by atoms with van der Waals surface area (Å²) >= 11 is 5.97. The summed E-state index contributed by atoms with van der Waals surface area (Å²) in [6.45, 7) is 9.31. The second-order valence-electron chi connectivity index (χ2n) is 5.55. The SMILES string of the molecule is CCCCC(CC)COc1cnc(C(C)C)nc1CCl. The average molecular weight is 299 g/mol. The van der Waals surface area contributed by atoms with Crippen LogP contribution < -0.4 is 4.74 Å². The summed E-state index contributed by atoms with van der Waals surface area (Å²) in [6.07, 6.45) is 6.62. The van der Waals surface area contributed by atoms with Gasteiger partial charge in [0.05, 0.1) is 18.7 Å². The van der Waals surface area contributed by atoms with Gasteiger partial charge in [-0.25, -0.2) is 9.97 Å². The Morgan fingerprint density at radius 3 is 2.60 bits per heavy atom. The number of rotatable bonds is 9. The monoisotopic (exact) mass is 298 g/mol. The van der Waals surface area contributed by atoms with E-state index in [0.717, 1.165) is 30.3 Å². The molecule has 1 atom stereocenters. The summed E-state index contributed by atoms with van der Waals surface area (Å²) in [5.41, 5.74) is 0.802. The number of aromatic nitrogens is 2. The predicted octanol–water partition coefficient (Wildman–Crippen LogP) is 4.93. The van der Waals surface area contributed by atoms with Crippen LogP contribution in [-0.2, 0) is 5.88 Å². The van der Waals surface area contributed by atoms with E-state index in [1.54, 1.807) is 6.20 Å². The molecular formula is C16H27ClN2O. The smallest absolute Gasteiger partial charge is 0.160 e. The second-order valence-corrected chi connectivity index (χ2v) is 5.82. The van der Waals surface area contributed by atoms with Gasteiger partial charge in [0.1, 0.15) is 11.5 Å². The van der Waals surface area contributed by atoms with E-state index in [2.05, 4.69) is 37.7 Å². The third-order valence-electron chi connectivity index (χ3n) is 3.51. The third-order valence-corrected chi connectivity index (χ3v) is 3.76. The van der Waals surface area contributed by atoms with E-state index in [9.17, 15) is 0 Å². The van der Waals surface area contributed by atoms with Crippen LogP contribution >= 0.6 is 11.6 Å². The summed E-state index contributed by atoms with van der Waals surface area (Å²) in [7, 11) is 0. The molecule has 0 radical (unpaired) electrons. The van der Waals surface area contributed by atoms with Crippen molar-refractivity contribution in [2.24, 2.45) is 5.92 Å². The maximum absolute atomic E-state index is 5.97. The van der Waals surface area contributed by atoms with Crippen molar-refractivity contribution in [2.45, 2.75) is 65.2 Å². The first-order valence-corrected chi connectivity index (χ1v) is 8.20. The lowest BCUT2D eigenvalue weighted by Crippen LogP contribution is -2.13. The van der Waals surface area contributed by atoms with Crippen LogP contribution in [0.5, 0.6) is 5.75 Å². The maximum Gasteiger partial charge on any atom is 0.160 e. The Labute approximate surface area is 128 Å². The number of hydrogen-bond donors (Lipinski definition) is 0. The van der Waals surface area contributed by atoms with Crippen LogP contribution in [0.2, 0.25) is 0 Å². The van der Waals surface area contributed by atoms with Crippen molar-refractivity contribution in [3.8, 4) is 5.75 Å². The van der Waals surface area contributed by atoms with Gasteiger partial charge < -0.3 is 4.74 Å². The summed E-state index contributed by atoms with van der Waals surface area (Å²) in [6, 6.07) is 0. The van der Waals surface area contributed by atoms with Gasteiger partial charge in [-0.3, -0.25) is 0 Å². The molecule has 1 rings (SSSR count).